The first-order valence-corrected chi connectivity index (χ1v) is 12.4. The maximum absolute atomic E-state index is 13.8. The van der Waals surface area contributed by atoms with Gasteiger partial charge in [0.05, 0.1) is 12.7 Å². The van der Waals surface area contributed by atoms with Gasteiger partial charge in [0.1, 0.15) is 17.1 Å². The average Bonchev–Trinajstić information content (AvgIpc) is 3.18. The van der Waals surface area contributed by atoms with Gasteiger partial charge >= 0.3 is 11.9 Å². The number of thioether (sulfide) groups is 1. The highest BCUT2D eigenvalue weighted by molar-refractivity contribution is 8.00. The number of hydrogen-bond donors (Lipinski definition) is 1. The van der Waals surface area contributed by atoms with Crippen molar-refractivity contribution in [3.63, 3.8) is 0 Å². The Balaban J connectivity index is 1.56. The molecule has 2 aromatic rings. The summed E-state index contributed by atoms with van der Waals surface area (Å²) >= 11 is 1.43. The van der Waals surface area contributed by atoms with Crippen LogP contribution in [0.1, 0.15) is 24.2 Å². The number of methoxy groups -OCH3 is 1. The second-order valence-corrected chi connectivity index (χ2v) is 9.58. The van der Waals surface area contributed by atoms with Crippen molar-refractivity contribution in [3.8, 4) is 0 Å². The van der Waals surface area contributed by atoms with E-state index in [1.54, 1.807) is 13.0 Å². The lowest BCUT2D eigenvalue weighted by Gasteiger charge is -2.48. The lowest BCUT2D eigenvalue weighted by Crippen LogP contribution is -2.68. The molecular weight excluding hydrogens is 480 g/mol. The predicted molar refractivity (Wildman–Crippen MR) is 133 cm³/mol. The third kappa shape index (κ3) is 4.10. The fourth-order valence-electron chi connectivity index (χ4n) is 4.39. The standard InChI is InChI=1S/C27H24N2O6S/c1-15-22(33-2)19(34-26(15)31)13-18-14-36-25-20(28)24(30)29(25)21(18)27(32)35-23(16-9-5-3-6-10-16)17-11-7-4-8-12-17/h3-13,20,23,25H,14,28H2,1-2H3/t20-,25+/m1/s1. The van der Waals surface area contributed by atoms with Crippen LogP contribution < -0.4 is 5.73 Å². The van der Waals surface area contributed by atoms with Gasteiger partial charge in [-0.15, -0.1) is 11.8 Å². The summed E-state index contributed by atoms with van der Waals surface area (Å²) in [6.45, 7) is 1.60. The molecule has 1 fully saturated rings. The summed E-state index contributed by atoms with van der Waals surface area (Å²) in [5.74, 6) is -0.739. The van der Waals surface area contributed by atoms with Crippen molar-refractivity contribution in [2.24, 2.45) is 5.73 Å². The van der Waals surface area contributed by atoms with Gasteiger partial charge in [-0.2, -0.15) is 0 Å². The van der Waals surface area contributed by atoms with Crippen molar-refractivity contribution in [2.75, 3.05) is 12.9 Å². The van der Waals surface area contributed by atoms with Crippen LogP contribution in [-0.2, 0) is 28.6 Å². The maximum Gasteiger partial charge on any atom is 0.356 e. The zero-order valence-corrected chi connectivity index (χ0v) is 20.5. The van der Waals surface area contributed by atoms with Gasteiger partial charge in [0.25, 0.3) is 0 Å². The number of nitrogens with zero attached hydrogens (tertiary/aromatic N) is 1. The highest BCUT2D eigenvalue weighted by Gasteiger charge is 2.52. The normalized spacial score (nSPS) is 22.6. The number of hydrogen-bond acceptors (Lipinski definition) is 8. The van der Waals surface area contributed by atoms with Crippen LogP contribution in [0.5, 0.6) is 0 Å². The zero-order chi connectivity index (χ0) is 25.4. The number of carbonyl (C=O) groups excluding carboxylic acids is 3. The summed E-state index contributed by atoms with van der Waals surface area (Å²) in [4.78, 5) is 40.0. The predicted octanol–water partition coefficient (Wildman–Crippen LogP) is 3.18. The van der Waals surface area contributed by atoms with E-state index in [0.717, 1.165) is 11.1 Å². The molecule has 1 saturated heterocycles. The molecule has 8 nitrogen and oxygen atoms in total. The molecule has 184 valence electrons. The fourth-order valence-corrected chi connectivity index (χ4v) is 5.65. The zero-order valence-electron chi connectivity index (χ0n) is 19.7. The molecule has 9 heteroatoms. The molecular formula is C27H24N2O6S. The van der Waals surface area contributed by atoms with Crippen molar-refractivity contribution in [3.05, 3.63) is 106 Å². The summed E-state index contributed by atoms with van der Waals surface area (Å²) in [5, 5.41) is -0.376. The van der Waals surface area contributed by atoms with E-state index in [0.29, 0.717) is 16.9 Å². The van der Waals surface area contributed by atoms with Crippen LogP contribution in [0.25, 0.3) is 0 Å². The van der Waals surface area contributed by atoms with Gasteiger partial charge in [-0.05, 0) is 29.7 Å². The number of benzene rings is 2. The minimum absolute atomic E-state index is 0.0888. The highest BCUT2D eigenvalue weighted by Crippen LogP contribution is 2.42. The second kappa shape index (κ2) is 9.67. The number of ether oxygens (including phenoxy) is 3. The Morgan fingerprint density at radius 3 is 2.31 bits per heavy atom. The van der Waals surface area contributed by atoms with E-state index >= 15 is 0 Å². The quantitative estimate of drug-likeness (QED) is 0.472. The molecule has 3 aliphatic heterocycles. The lowest BCUT2D eigenvalue weighted by molar-refractivity contribution is -0.153. The molecule has 2 aromatic carbocycles. The topological polar surface area (TPSA) is 108 Å². The molecule has 0 spiro atoms. The first-order valence-electron chi connectivity index (χ1n) is 11.3. The van der Waals surface area contributed by atoms with Crippen LogP contribution in [0, 0.1) is 0 Å². The van der Waals surface area contributed by atoms with Gasteiger partial charge in [0.2, 0.25) is 5.91 Å². The summed E-state index contributed by atoms with van der Waals surface area (Å²) in [7, 11) is 1.44. The van der Waals surface area contributed by atoms with E-state index in [-0.39, 0.29) is 28.5 Å². The summed E-state index contributed by atoms with van der Waals surface area (Å²) in [6.07, 6.45) is 0.866. The third-order valence-corrected chi connectivity index (χ3v) is 7.57. The van der Waals surface area contributed by atoms with Crippen LogP contribution in [0.15, 0.2) is 95.1 Å². The number of rotatable bonds is 6. The Bertz CT molecular complexity index is 1280. The minimum Gasteiger partial charge on any atom is -0.492 e. The Morgan fingerprint density at radius 1 is 1.11 bits per heavy atom. The summed E-state index contributed by atoms with van der Waals surface area (Å²) in [6, 6.07) is 18.1. The first kappa shape index (κ1) is 23.9. The Kier molecular flexibility index (Phi) is 6.42. The second-order valence-electron chi connectivity index (χ2n) is 8.47. The first-order chi connectivity index (χ1) is 17.4. The average molecular weight is 505 g/mol. The molecule has 0 unspecified atom stereocenters. The number of β-lactam (4-membered cyclic amide) rings is 1. The molecule has 5 rings (SSSR count). The van der Waals surface area contributed by atoms with E-state index in [2.05, 4.69) is 0 Å². The molecule has 0 aliphatic carbocycles. The van der Waals surface area contributed by atoms with E-state index in [1.807, 2.05) is 60.7 Å². The molecule has 2 atom stereocenters. The van der Waals surface area contributed by atoms with Crippen molar-refractivity contribution in [1.29, 1.82) is 0 Å². The van der Waals surface area contributed by atoms with Gasteiger partial charge in [-0.1, -0.05) is 60.7 Å². The maximum atomic E-state index is 13.8. The Labute approximate surface area is 212 Å². The van der Waals surface area contributed by atoms with E-state index in [9.17, 15) is 14.4 Å². The van der Waals surface area contributed by atoms with Gasteiger partial charge in [0, 0.05) is 5.75 Å². The fraction of sp³-hybridized carbons (Fsp3) is 0.222. The number of fused-ring (bicyclic) bond motifs is 1. The van der Waals surface area contributed by atoms with E-state index in [4.69, 9.17) is 19.9 Å². The Morgan fingerprint density at radius 2 is 1.72 bits per heavy atom. The molecule has 36 heavy (non-hydrogen) atoms. The molecule has 0 saturated carbocycles. The number of carbonyl (C=O) groups is 3. The minimum atomic E-state index is -0.702. The lowest BCUT2D eigenvalue weighted by atomic mass is 10.0. The monoisotopic (exact) mass is 504 g/mol. The SMILES string of the molecule is COC1=C(C)C(=O)OC1=CC1=C(C(=O)OC(c2ccccc2)c2ccccc2)N2C(=O)[C@@H](N)[C@@H]2SC1. The van der Waals surface area contributed by atoms with Gasteiger partial charge in [0.15, 0.2) is 17.6 Å². The summed E-state index contributed by atoms with van der Waals surface area (Å²) in [5.41, 5.74) is 8.48. The molecule has 0 bridgehead atoms. The number of amides is 1. The molecule has 1 amide bonds. The molecule has 0 aromatic heterocycles. The largest absolute Gasteiger partial charge is 0.492 e. The smallest absolute Gasteiger partial charge is 0.356 e. The van der Waals surface area contributed by atoms with Gasteiger partial charge < -0.3 is 19.9 Å². The Hall–Kier alpha value is -3.82. The van der Waals surface area contributed by atoms with Crippen molar-refractivity contribution in [1.82, 2.24) is 4.90 Å². The van der Waals surface area contributed by atoms with Gasteiger partial charge in [-0.3, -0.25) is 9.69 Å². The highest BCUT2D eigenvalue weighted by atomic mass is 32.2. The summed E-state index contributed by atoms with van der Waals surface area (Å²) < 4.78 is 16.8. The van der Waals surface area contributed by atoms with Crippen LogP contribution in [-0.4, -0.2) is 47.0 Å². The number of cyclic esters (lactones) is 1. The van der Waals surface area contributed by atoms with Crippen LogP contribution in [0.2, 0.25) is 0 Å². The van der Waals surface area contributed by atoms with Crippen molar-refractivity contribution < 1.29 is 28.6 Å². The van der Waals surface area contributed by atoms with Crippen molar-refractivity contribution >= 4 is 29.6 Å². The van der Waals surface area contributed by atoms with Crippen LogP contribution >= 0.6 is 11.8 Å². The third-order valence-electron chi connectivity index (χ3n) is 6.24. The molecule has 3 heterocycles. The van der Waals surface area contributed by atoms with Crippen LogP contribution in [0.4, 0.5) is 0 Å². The van der Waals surface area contributed by atoms with E-state index in [1.165, 1.54) is 23.8 Å². The molecule has 3 aliphatic rings. The van der Waals surface area contributed by atoms with Crippen LogP contribution in [0.3, 0.4) is 0 Å². The van der Waals surface area contributed by atoms with Crippen molar-refractivity contribution in [2.45, 2.75) is 24.4 Å². The molecule has 2 N–H and O–H groups in total. The number of nitrogens with two attached hydrogens (primary N) is 1. The number of allylic oxidation sites excluding steroid dienone is 1. The molecule has 0 radical (unpaired) electrons. The number of esters is 2. The van der Waals surface area contributed by atoms with Gasteiger partial charge in [-0.25, -0.2) is 9.59 Å². The van der Waals surface area contributed by atoms with E-state index < -0.39 is 24.1 Å².